The lowest BCUT2D eigenvalue weighted by molar-refractivity contribution is -0.132. The zero-order valence-electron chi connectivity index (χ0n) is 18.9. The number of nitrogens with one attached hydrogen (secondary N) is 1. The van der Waals surface area contributed by atoms with Crippen LogP contribution in [0.2, 0.25) is 0 Å². The Kier molecular flexibility index (Phi) is 6.31. The lowest BCUT2D eigenvalue weighted by Crippen LogP contribution is -2.38. The van der Waals surface area contributed by atoms with Crippen LogP contribution in [0.3, 0.4) is 0 Å². The molecule has 0 saturated carbocycles. The number of H-pyrrole nitrogens is 1. The van der Waals surface area contributed by atoms with Crippen molar-refractivity contribution in [3.8, 4) is 0 Å². The van der Waals surface area contributed by atoms with Gasteiger partial charge in [0.25, 0.3) is 5.91 Å². The Morgan fingerprint density at radius 2 is 1.88 bits per heavy atom. The molecule has 0 radical (unpaired) electrons. The van der Waals surface area contributed by atoms with Gasteiger partial charge in [0.1, 0.15) is 0 Å². The average Bonchev–Trinajstić information content (AvgIpc) is 3.36. The van der Waals surface area contributed by atoms with Crippen LogP contribution in [-0.2, 0) is 24.3 Å². The van der Waals surface area contributed by atoms with E-state index in [0.29, 0.717) is 63.1 Å². The smallest absolute Gasteiger partial charge is 0.274 e. The second kappa shape index (κ2) is 9.00. The van der Waals surface area contributed by atoms with Gasteiger partial charge in [0, 0.05) is 25.1 Å². The fraction of sp³-hybridized carbons (Fsp3) is 0.542. The van der Waals surface area contributed by atoms with Crippen LogP contribution in [0.25, 0.3) is 0 Å². The second-order valence-corrected chi connectivity index (χ2v) is 9.23. The number of hydrogen-bond acceptors (Lipinski definition) is 3. The summed E-state index contributed by atoms with van der Waals surface area (Å²) in [6, 6.07) is 2.88. The first-order valence-electron chi connectivity index (χ1n) is 11.4. The van der Waals surface area contributed by atoms with Crippen LogP contribution in [0.1, 0.15) is 78.8 Å². The molecule has 4 rings (SSSR count). The van der Waals surface area contributed by atoms with Crippen LogP contribution in [0.4, 0.5) is 8.78 Å². The van der Waals surface area contributed by atoms with E-state index in [0.717, 1.165) is 16.8 Å². The summed E-state index contributed by atoms with van der Waals surface area (Å²) in [5.41, 5.74) is 3.31. The van der Waals surface area contributed by atoms with Crippen molar-refractivity contribution in [3.63, 3.8) is 0 Å². The fourth-order valence-electron chi connectivity index (χ4n) is 4.86. The van der Waals surface area contributed by atoms with Gasteiger partial charge in [-0.25, -0.2) is 8.78 Å². The monoisotopic (exact) mass is 444 g/mol. The zero-order chi connectivity index (χ0) is 23.0. The SMILES string of the molecule is CCc1c(C2CCN(C(=O)c3n[nH]c4c3CN(C(=O)CC(C)C)C4)CC2)ccc(F)c1F. The van der Waals surface area contributed by atoms with Crippen LogP contribution in [0.5, 0.6) is 0 Å². The molecule has 3 heterocycles. The summed E-state index contributed by atoms with van der Waals surface area (Å²) in [6.45, 7) is 7.77. The van der Waals surface area contributed by atoms with Crippen LogP contribution in [-0.4, -0.2) is 44.9 Å². The van der Waals surface area contributed by atoms with Crippen molar-refractivity contribution in [2.24, 2.45) is 5.92 Å². The molecular formula is C24H30F2N4O2. The van der Waals surface area contributed by atoms with Gasteiger partial charge in [-0.15, -0.1) is 0 Å². The van der Waals surface area contributed by atoms with Crippen molar-refractivity contribution in [1.82, 2.24) is 20.0 Å². The number of fused-ring (bicyclic) bond motifs is 1. The average molecular weight is 445 g/mol. The molecule has 32 heavy (non-hydrogen) atoms. The van der Waals surface area contributed by atoms with Gasteiger partial charge in [0.15, 0.2) is 17.3 Å². The van der Waals surface area contributed by atoms with Crippen LogP contribution in [0.15, 0.2) is 12.1 Å². The number of rotatable bonds is 5. The normalized spacial score (nSPS) is 16.7. The van der Waals surface area contributed by atoms with E-state index in [9.17, 15) is 18.4 Å². The number of hydrogen-bond donors (Lipinski definition) is 1. The van der Waals surface area contributed by atoms with E-state index in [-0.39, 0.29) is 23.7 Å². The van der Waals surface area contributed by atoms with Gasteiger partial charge in [-0.05, 0) is 48.3 Å². The number of nitrogens with zero attached hydrogens (tertiary/aromatic N) is 3. The summed E-state index contributed by atoms with van der Waals surface area (Å²) in [5, 5.41) is 7.19. The van der Waals surface area contributed by atoms with E-state index in [1.165, 1.54) is 6.07 Å². The van der Waals surface area contributed by atoms with Gasteiger partial charge in [-0.1, -0.05) is 26.8 Å². The van der Waals surface area contributed by atoms with Crippen LogP contribution >= 0.6 is 0 Å². The number of amides is 2. The molecule has 0 unspecified atom stereocenters. The Labute approximate surface area is 187 Å². The van der Waals surface area contributed by atoms with Gasteiger partial charge < -0.3 is 9.80 Å². The minimum absolute atomic E-state index is 0.0853. The number of halogens is 2. The zero-order valence-corrected chi connectivity index (χ0v) is 18.9. The second-order valence-electron chi connectivity index (χ2n) is 9.23. The number of carbonyl (C=O) groups is 2. The number of aromatic nitrogens is 2. The molecule has 1 aromatic carbocycles. The molecule has 0 bridgehead atoms. The fourth-order valence-corrected chi connectivity index (χ4v) is 4.86. The molecule has 1 saturated heterocycles. The largest absolute Gasteiger partial charge is 0.337 e. The van der Waals surface area contributed by atoms with Gasteiger partial charge in [-0.2, -0.15) is 5.10 Å². The van der Waals surface area contributed by atoms with Crippen LogP contribution in [0, 0.1) is 17.6 Å². The third-order valence-corrected chi connectivity index (χ3v) is 6.60. The van der Waals surface area contributed by atoms with Crippen molar-refractivity contribution in [1.29, 1.82) is 0 Å². The van der Waals surface area contributed by atoms with Crippen molar-refractivity contribution in [2.75, 3.05) is 13.1 Å². The van der Waals surface area contributed by atoms with Crippen molar-refractivity contribution in [3.05, 3.63) is 51.8 Å². The highest BCUT2D eigenvalue weighted by Crippen LogP contribution is 2.34. The van der Waals surface area contributed by atoms with Gasteiger partial charge in [0.05, 0.1) is 18.8 Å². The molecule has 1 fully saturated rings. The maximum absolute atomic E-state index is 14.2. The number of aromatic amines is 1. The molecular weight excluding hydrogens is 414 g/mol. The lowest BCUT2D eigenvalue weighted by Gasteiger charge is -2.33. The Morgan fingerprint density at radius 3 is 2.53 bits per heavy atom. The summed E-state index contributed by atoms with van der Waals surface area (Å²) >= 11 is 0. The molecule has 172 valence electrons. The standard InChI is InChI=1S/C24H30F2N4O2/c1-4-16-17(5-6-19(25)22(16)26)15-7-9-29(10-8-15)24(32)23-18-12-30(13-20(18)27-28-23)21(31)11-14(2)3/h5-6,14-15H,4,7-13H2,1-3H3,(H,27,28). The summed E-state index contributed by atoms with van der Waals surface area (Å²) < 4.78 is 27.8. The summed E-state index contributed by atoms with van der Waals surface area (Å²) in [6.07, 6.45) is 2.30. The maximum atomic E-state index is 14.2. The van der Waals surface area contributed by atoms with Gasteiger partial charge >= 0.3 is 0 Å². The van der Waals surface area contributed by atoms with E-state index in [1.807, 2.05) is 20.8 Å². The summed E-state index contributed by atoms with van der Waals surface area (Å²) in [4.78, 5) is 29.1. The molecule has 2 aliphatic rings. The minimum atomic E-state index is -0.813. The van der Waals surface area contributed by atoms with Crippen LogP contribution < -0.4 is 0 Å². The highest BCUT2D eigenvalue weighted by atomic mass is 19.2. The van der Waals surface area contributed by atoms with E-state index in [4.69, 9.17) is 0 Å². The summed E-state index contributed by atoms with van der Waals surface area (Å²) in [5.74, 6) is -1.25. The summed E-state index contributed by atoms with van der Waals surface area (Å²) in [7, 11) is 0. The topological polar surface area (TPSA) is 69.3 Å². The van der Waals surface area contributed by atoms with Crippen molar-refractivity contribution < 1.29 is 18.4 Å². The third kappa shape index (κ3) is 4.14. The quantitative estimate of drug-likeness (QED) is 0.753. The highest BCUT2D eigenvalue weighted by Gasteiger charge is 2.34. The Hall–Kier alpha value is -2.77. The highest BCUT2D eigenvalue weighted by molar-refractivity contribution is 5.94. The number of benzene rings is 1. The van der Waals surface area contributed by atoms with E-state index in [2.05, 4.69) is 10.2 Å². The predicted octanol–water partition coefficient (Wildman–Crippen LogP) is 4.16. The Morgan fingerprint density at radius 1 is 1.16 bits per heavy atom. The number of carbonyl (C=O) groups excluding carboxylic acids is 2. The Bertz CT molecular complexity index is 1030. The first-order chi connectivity index (χ1) is 15.3. The minimum Gasteiger partial charge on any atom is -0.337 e. The van der Waals surface area contributed by atoms with Gasteiger partial charge in [-0.3, -0.25) is 14.7 Å². The first-order valence-corrected chi connectivity index (χ1v) is 11.4. The molecule has 0 spiro atoms. The Balaban J connectivity index is 1.42. The van der Waals surface area contributed by atoms with Crippen molar-refractivity contribution >= 4 is 11.8 Å². The lowest BCUT2D eigenvalue weighted by atomic mass is 9.85. The molecule has 0 aliphatic carbocycles. The van der Waals surface area contributed by atoms with E-state index in [1.54, 1.807) is 15.9 Å². The number of likely N-dealkylation sites (tertiary alicyclic amines) is 1. The molecule has 6 nitrogen and oxygen atoms in total. The van der Waals surface area contributed by atoms with E-state index < -0.39 is 11.6 Å². The maximum Gasteiger partial charge on any atom is 0.274 e. The predicted molar refractivity (Wildman–Crippen MR) is 116 cm³/mol. The molecule has 1 N–H and O–H groups in total. The van der Waals surface area contributed by atoms with Gasteiger partial charge in [0.2, 0.25) is 5.91 Å². The molecule has 2 aromatic rings. The molecule has 0 atom stereocenters. The molecule has 8 heteroatoms. The molecule has 1 aromatic heterocycles. The molecule has 2 aliphatic heterocycles. The third-order valence-electron chi connectivity index (χ3n) is 6.60. The number of piperidine rings is 1. The molecule has 2 amide bonds. The first kappa shape index (κ1) is 22.4. The van der Waals surface area contributed by atoms with E-state index >= 15 is 0 Å². The van der Waals surface area contributed by atoms with Crippen molar-refractivity contribution in [2.45, 2.75) is 65.5 Å².